The summed E-state index contributed by atoms with van der Waals surface area (Å²) in [7, 11) is 1.70. The highest BCUT2D eigenvalue weighted by molar-refractivity contribution is 5.42. The third-order valence-electron chi connectivity index (χ3n) is 6.33. The molecule has 4 heteroatoms. The van der Waals surface area contributed by atoms with Gasteiger partial charge in [-0.15, -0.1) is 0 Å². The molecule has 3 aromatic rings. The van der Waals surface area contributed by atoms with Crippen LogP contribution in [0.4, 0.5) is 0 Å². The molecule has 1 aliphatic rings. The van der Waals surface area contributed by atoms with Gasteiger partial charge in [0.15, 0.2) is 0 Å². The molecule has 31 heavy (non-hydrogen) atoms. The Labute approximate surface area is 186 Å². The first kappa shape index (κ1) is 21.4. The zero-order valence-corrected chi connectivity index (χ0v) is 19.2. The molecular weight excluding hydrogens is 382 g/mol. The minimum atomic E-state index is 0.375. The number of rotatable bonds is 7. The van der Waals surface area contributed by atoms with Crippen LogP contribution in [0.2, 0.25) is 0 Å². The molecule has 0 aliphatic heterocycles. The third-order valence-corrected chi connectivity index (χ3v) is 6.33. The Morgan fingerprint density at radius 1 is 1.03 bits per heavy atom. The largest absolute Gasteiger partial charge is 0.497 e. The first-order valence-corrected chi connectivity index (χ1v) is 11.2. The second kappa shape index (κ2) is 9.11. The van der Waals surface area contributed by atoms with Gasteiger partial charge in [-0.25, -0.2) is 4.68 Å². The molecule has 0 bridgehead atoms. The monoisotopic (exact) mass is 415 g/mol. The van der Waals surface area contributed by atoms with Crippen LogP contribution in [-0.4, -0.2) is 22.9 Å². The first-order valence-electron chi connectivity index (χ1n) is 11.2. The SMILES string of the molecule is COc1ccc(CN[C@@H]2C=C[C@@H](c3c(C)nn(-c4ccc(C(C)C)cc4)c3C)C2)cc1. The highest BCUT2D eigenvalue weighted by Gasteiger charge is 2.26. The molecule has 1 aromatic heterocycles. The van der Waals surface area contributed by atoms with E-state index >= 15 is 0 Å². The highest BCUT2D eigenvalue weighted by Crippen LogP contribution is 2.34. The maximum absolute atomic E-state index is 5.24. The average Bonchev–Trinajstić information content (AvgIpc) is 3.36. The van der Waals surface area contributed by atoms with Crippen LogP contribution >= 0.6 is 0 Å². The zero-order chi connectivity index (χ0) is 22.0. The normalized spacial score (nSPS) is 18.1. The van der Waals surface area contributed by atoms with Gasteiger partial charge in [0.05, 0.1) is 18.5 Å². The average molecular weight is 416 g/mol. The van der Waals surface area contributed by atoms with E-state index in [-0.39, 0.29) is 0 Å². The van der Waals surface area contributed by atoms with Crippen molar-refractivity contribution in [2.24, 2.45) is 0 Å². The van der Waals surface area contributed by atoms with Crippen LogP contribution < -0.4 is 10.1 Å². The number of nitrogens with one attached hydrogen (secondary N) is 1. The lowest BCUT2D eigenvalue weighted by atomic mass is 9.95. The second-order valence-electron chi connectivity index (χ2n) is 8.81. The van der Waals surface area contributed by atoms with Gasteiger partial charge in [-0.1, -0.05) is 50.3 Å². The molecule has 2 atom stereocenters. The summed E-state index contributed by atoms with van der Waals surface area (Å²) in [6.45, 7) is 9.62. The highest BCUT2D eigenvalue weighted by atomic mass is 16.5. The molecule has 4 rings (SSSR count). The van der Waals surface area contributed by atoms with Gasteiger partial charge in [0.1, 0.15) is 5.75 Å². The number of methoxy groups -OCH3 is 1. The lowest BCUT2D eigenvalue weighted by molar-refractivity contribution is 0.414. The predicted molar refractivity (Wildman–Crippen MR) is 127 cm³/mol. The summed E-state index contributed by atoms with van der Waals surface area (Å²) in [5.74, 6) is 1.83. The molecular formula is C27H33N3O. The molecule has 0 fully saturated rings. The van der Waals surface area contributed by atoms with Crippen molar-refractivity contribution in [3.05, 3.63) is 88.8 Å². The molecule has 1 N–H and O–H groups in total. The van der Waals surface area contributed by atoms with Gasteiger partial charge in [0, 0.05) is 29.8 Å². The molecule has 2 aromatic carbocycles. The minimum Gasteiger partial charge on any atom is -0.497 e. The summed E-state index contributed by atoms with van der Waals surface area (Å²) in [5.41, 5.74) is 7.47. The Kier molecular flexibility index (Phi) is 6.28. The quantitative estimate of drug-likeness (QED) is 0.494. The van der Waals surface area contributed by atoms with Gasteiger partial charge < -0.3 is 10.1 Å². The summed E-state index contributed by atoms with van der Waals surface area (Å²) in [6.07, 6.45) is 5.71. The van der Waals surface area contributed by atoms with Crippen molar-refractivity contribution >= 4 is 0 Å². The number of aryl methyl sites for hydroxylation is 1. The van der Waals surface area contributed by atoms with E-state index in [1.165, 1.54) is 22.4 Å². The number of ether oxygens (including phenoxy) is 1. The molecule has 0 saturated carbocycles. The van der Waals surface area contributed by atoms with E-state index in [2.05, 4.69) is 86.2 Å². The molecule has 0 spiro atoms. The van der Waals surface area contributed by atoms with Gasteiger partial charge in [0.2, 0.25) is 0 Å². The third kappa shape index (κ3) is 4.59. The zero-order valence-electron chi connectivity index (χ0n) is 19.2. The van der Waals surface area contributed by atoms with Crippen LogP contribution in [-0.2, 0) is 6.54 Å². The van der Waals surface area contributed by atoms with Crippen molar-refractivity contribution in [2.75, 3.05) is 7.11 Å². The number of allylic oxidation sites excluding steroid dienone is 1. The number of nitrogens with zero attached hydrogens (tertiary/aromatic N) is 2. The maximum atomic E-state index is 5.24. The van der Waals surface area contributed by atoms with Crippen LogP contribution in [0.5, 0.6) is 5.75 Å². The lowest BCUT2D eigenvalue weighted by Gasteiger charge is -2.15. The van der Waals surface area contributed by atoms with Gasteiger partial charge in [-0.05, 0) is 61.6 Å². The fourth-order valence-corrected chi connectivity index (χ4v) is 4.50. The van der Waals surface area contributed by atoms with Gasteiger partial charge in [-0.3, -0.25) is 0 Å². The smallest absolute Gasteiger partial charge is 0.118 e. The molecule has 162 valence electrons. The Morgan fingerprint density at radius 2 is 1.74 bits per heavy atom. The van der Waals surface area contributed by atoms with Crippen molar-refractivity contribution < 1.29 is 4.74 Å². The minimum absolute atomic E-state index is 0.375. The van der Waals surface area contributed by atoms with Crippen molar-refractivity contribution in [3.8, 4) is 11.4 Å². The predicted octanol–water partition coefficient (Wildman–Crippen LogP) is 5.82. The van der Waals surface area contributed by atoms with Crippen LogP contribution in [0.15, 0.2) is 60.7 Å². The second-order valence-corrected chi connectivity index (χ2v) is 8.81. The fourth-order valence-electron chi connectivity index (χ4n) is 4.50. The fraction of sp³-hybridized carbons (Fsp3) is 0.370. The van der Waals surface area contributed by atoms with E-state index in [4.69, 9.17) is 9.84 Å². The summed E-state index contributed by atoms with van der Waals surface area (Å²) in [6, 6.07) is 17.4. The molecule has 0 unspecified atom stereocenters. The van der Waals surface area contributed by atoms with Crippen LogP contribution in [0.1, 0.15) is 60.2 Å². The first-order chi connectivity index (χ1) is 15.0. The van der Waals surface area contributed by atoms with Crippen LogP contribution in [0.25, 0.3) is 5.69 Å². The summed E-state index contributed by atoms with van der Waals surface area (Å²) in [5, 5.41) is 8.56. The Balaban J connectivity index is 1.43. The van der Waals surface area contributed by atoms with Crippen molar-refractivity contribution in [3.63, 3.8) is 0 Å². The van der Waals surface area contributed by atoms with Crippen molar-refractivity contribution in [1.29, 1.82) is 0 Å². The number of hydrogen-bond acceptors (Lipinski definition) is 3. The van der Waals surface area contributed by atoms with E-state index in [0.29, 0.717) is 17.9 Å². The van der Waals surface area contributed by atoms with E-state index in [1.807, 2.05) is 12.1 Å². The van der Waals surface area contributed by atoms with E-state index in [1.54, 1.807) is 7.11 Å². The summed E-state index contributed by atoms with van der Waals surface area (Å²) >= 11 is 0. The summed E-state index contributed by atoms with van der Waals surface area (Å²) < 4.78 is 7.34. The molecule has 4 nitrogen and oxygen atoms in total. The van der Waals surface area contributed by atoms with E-state index in [9.17, 15) is 0 Å². The topological polar surface area (TPSA) is 39.1 Å². The van der Waals surface area contributed by atoms with E-state index < -0.39 is 0 Å². The van der Waals surface area contributed by atoms with E-state index in [0.717, 1.165) is 30.1 Å². The molecule has 0 amide bonds. The molecule has 0 saturated heterocycles. The summed E-state index contributed by atoms with van der Waals surface area (Å²) in [4.78, 5) is 0. The molecule has 1 heterocycles. The van der Waals surface area contributed by atoms with Crippen LogP contribution in [0.3, 0.4) is 0 Å². The maximum Gasteiger partial charge on any atom is 0.118 e. The Hall–Kier alpha value is -2.85. The van der Waals surface area contributed by atoms with Crippen molar-refractivity contribution in [1.82, 2.24) is 15.1 Å². The number of hydrogen-bond donors (Lipinski definition) is 1. The Morgan fingerprint density at radius 3 is 2.39 bits per heavy atom. The Bertz CT molecular complexity index is 1050. The standard InChI is InChI=1S/C27H33N3O/c1-18(2)22-9-12-25(13-10-22)30-20(4)27(19(3)29-30)23-8-11-24(16-23)28-17-21-6-14-26(31-5)15-7-21/h6-15,18,23-24,28H,16-17H2,1-5H3/t23-,24-/m1/s1. The molecule has 1 aliphatic carbocycles. The lowest BCUT2D eigenvalue weighted by Crippen LogP contribution is -2.25. The number of aromatic nitrogens is 2. The van der Waals surface area contributed by atoms with Crippen molar-refractivity contribution in [2.45, 2.75) is 58.5 Å². The number of benzene rings is 2. The molecule has 0 radical (unpaired) electrons. The van der Waals surface area contributed by atoms with Crippen LogP contribution in [0, 0.1) is 13.8 Å². The van der Waals surface area contributed by atoms with Gasteiger partial charge in [-0.2, -0.15) is 5.10 Å². The van der Waals surface area contributed by atoms with Gasteiger partial charge in [0.25, 0.3) is 0 Å². The van der Waals surface area contributed by atoms with Gasteiger partial charge >= 0.3 is 0 Å².